The molecule has 2 fully saturated rings. The topological polar surface area (TPSA) is 66.9 Å². The highest BCUT2D eigenvalue weighted by atomic mass is 32.1. The van der Waals surface area contributed by atoms with E-state index in [0.717, 1.165) is 4.88 Å². The molecule has 2 aliphatic rings. The summed E-state index contributed by atoms with van der Waals surface area (Å²) in [4.78, 5) is 40.5. The highest BCUT2D eigenvalue weighted by molar-refractivity contribution is 7.10. The van der Waals surface area contributed by atoms with Gasteiger partial charge < -0.3 is 9.64 Å². The normalized spacial score (nSPS) is 28.2. The molecule has 0 spiro atoms. The molecule has 6 nitrogen and oxygen atoms in total. The highest BCUT2D eigenvalue weighted by Crippen LogP contribution is 2.46. The number of ether oxygens (including phenoxy) is 1. The van der Waals surface area contributed by atoms with Gasteiger partial charge in [0.1, 0.15) is 6.04 Å². The Morgan fingerprint density at radius 3 is 2.81 bits per heavy atom. The third-order valence-corrected chi connectivity index (χ3v) is 5.09. The van der Waals surface area contributed by atoms with Gasteiger partial charge in [0.15, 0.2) is 0 Å². The van der Waals surface area contributed by atoms with Crippen molar-refractivity contribution in [3.63, 3.8) is 0 Å². The van der Waals surface area contributed by atoms with Gasteiger partial charge in [0.05, 0.1) is 19.1 Å². The second kappa shape index (κ2) is 5.14. The number of hydrogen-bond donors (Lipinski definition) is 0. The second-order valence-electron chi connectivity index (χ2n) is 5.11. The second-order valence-corrected chi connectivity index (χ2v) is 6.09. The third kappa shape index (κ3) is 1.95. The van der Waals surface area contributed by atoms with Crippen molar-refractivity contribution in [2.24, 2.45) is 5.92 Å². The van der Waals surface area contributed by atoms with E-state index >= 15 is 0 Å². The largest absolute Gasteiger partial charge is 0.469 e. The van der Waals surface area contributed by atoms with Gasteiger partial charge in [-0.25, -0.2) is 4.79 Å². The summed E-state index contributed by atoms with van der Waals surface area (Å²) in [5.41, 5.74) is 0. The van der Waals surface area contributed by atoms with Gasteiger partial charge in [-0.05, 0) is 24.8 Å². The van der Waals surface area contributed by atoms with E-state index in [0.29, 0.717) is 13.0 Å². The van der Waals surface area contributed by atoms with Crippen LogP contribution in [0.2, 0.25) is 0 Å². The molecule has 3 atom stereocenters. The summed E-state index contributed by atoms with van der Waals surface area (Å²) < 4.78 is 4.85. The van der Waals surface area contributed by atoms with Crippen LogP contribution < -0.4 is 0 Å². The van der Waals surface area contributed by atoms with E-state index in [1.165, 1.54) is 23.3 Å². The van der Waals surface area contributed by atoms with Gasteiger partial charge >= 0.3 is 12.0 Å². The lowest BCUT2D eigenvalue weighted by molar-refractivity contribution is -0.146. The van der Waals surface area contributed by atoms with Crippen LogP contribution >= 0.6 is 11.3 Å². The first kappa shape index (κ1) is 14.1. The third-order valence-electron chi connectivity index (χ3n) is 4.15. The maximum atomic E-state index is 12.5. The van der Waals surface area contributed by atoms with Crippen LogP contribution in [0.3, 0.4) is 0 Å². The van der Waals surface area contributed by atoms with Gasteiger partial charge in [-0.15, -0.1) is 11.3 Å². The number of likely N-dealkylation sites (N-methyl/N-ethyl adjacent to an activating group) is 1. The molecular weight excluding hydrogens is 292 g/mol. The van der Waals surface area contributed by atoms with Crippen LogP contribution in [-0.4, -0.2) is 47.4 Å². The number of nitrogens with zero attached hydrogens (tertiary/aromatic N) is 2. The van der Waals surface area contributed by atoms with E-state index in [9.17, 15) is 14.4 Å². The van der Waals surface area contributed by atoms with Crippen molar-refractivity contribution in [2.75, 3.05) is 13.7 Å². The zero-order chi connectivity index (χ0) is 15.1. The summed E-state index contributed by atoms with van der Waals surface area (Å²) in [6.45, 7) is 2.13. The van der Waals surface area contributed by atoms with E-state index in [1.807, 2.05) is 17.5 Å². The van der Waals surface area contributed by atoms with Crippen molar-refractivity contribution < 1.29 is 19.1 Å². The molecule has 3 amide bonds. The summed E-state index contributed by atoms with van der Waals surface area (Å²) >= 11 is 1.48. The van der Waals surface area contributed by atoms with E-state index in [1.54, 1.807) is 11.8 Å². The summed E-state index contributed by atoms with van der Waals surface area (Å²) in [6, 6.07) is 2.50. The molecule has 112 valence electrons. The number of methoxy groups -OCH3 is 1. The number of fused-ring (bicyclic) bond motifs is 1. The molecule has 2 aliphatic heterocycles. The first-order chi connectivity index (χ1) is 10.1. The van der Waals surface area contributed by atoms with Crippen LogP contribution in [-0.2, 0) is 14.3 Å². The molecule has 1 aromatic heterocycles. The molecule has 0 aliphatic carbocycles. The number of carbonyl (C=O) groups is 3. The van der Waals surface area contributed by atoms with Gasteiger partial charge in [0, 0.05) is 11.4 Å². The molecule has 1 aromatic rings. The Balaban J connectivity index is 2.01. The van der Waals surface area contributed by atoms with Crippen LogP contribution in [0.25, 0.3) is 0 Å². The minimum absolute atomic E-state index is 0.213. The summed E-state index contributed by atoms with van der Waals surface area (Å²) in [6.07, 6.45) is 0.330. The molecule has 0 N–H and O–H groups in total. The Kier molecular flexibility index (Phi) is 3.44. The molecule has 2 saturated heterocycles. The number of urea groups is 1. The van der Waals surface area contributed by atoms with Crippen LogP contribution in [0, 0.1) is 5.92 Å². The summed E-state index contributed by atoms with van der Waals surface area (Å²) in [7, 11) is 1.33. The smallest absolute Gasteiger partial charge is 0.328 e. The van der Waals surface area contributed by atoms with Crippen molar-refractivity contribution in [1.29, 1.82) is 0 Å². The fraction of sp³-hybridized carbons (Fsp3) is 0.500. The Labute approximate surface area is 126 Å². The van der Waals surface area contributed by atoms with Gasteiger partial charge in [-0.1, -0.05) is 6.07 Å². The zero-order valence-electron chi connectivity index (χ0n) is 11.8. The predicted molar refractivity (Wildman–Crippen MR) is 75.6 cm³/mol. The maximum Gasteiger partial charge on any atom is 0.328 e. The van der Waals surface area contributed by atoms with E-state index < -0.39 is 18.0 Å². The zero-order valence-corrected chi connectivity index (χ0v) is 12.6. The quantitative estimate of drug-likeness (QED) is 0.629. The molecule has 0 saturated carbocycles. The number of amides is 3. The first-order valence-corrected chi connectivity index (χ1v) is 7.73. The van der Waals surface area contributed by atoms with Crippen LogP contribution in [0.4, 0.5) is 4.79 Å². The lowest BCUT2D eigenvalue weighted by Crippen LogP contribution is -2.36. The van der Waals surface area contributed by atoms with Gasteiger partial charge in [0.25, 0.3) is 5.91 Å². The van der Waals surface area contributed by atoms with Crippen LogP contribution in [0.15, 0.2) is 17.5 Å². The summed E-state index contributed by atoms with van der Waals surface area (Å²) in [5.74, 6) is -1.06. The number of rotatable bonds is 3. The number of hydrogen-bond acceptors (Lipinski definition) is 5. The minimum Gasteiger partial charge on any atom is -0.469 e. The fourth-order valence-electron chi connectivity index (χ4n) is 3.22. The fourth-order valence-corrected chi connectivity index (χ4v) is 4.11. The standard InChI is InChI=1S/C14H16N2O4S/c1-3-15-12(17)9-7-8(13(18)20-2)11(16(9)14(15)19)10-5-4-6-21-10/h4-6,8-9,11H,3,7H2,1-2H3. The lowest BCUT2D eigenvalue weighted by atomic mass is 9.97. The Morgan fingerprint density at radius 2 is 2.24 bits per heavy atom. The van der Waals surface area contributed by atoms with Crippen LogP contribution in [0.1, 0.15) is 24.3 Å². The van der Waals surface area contributed by atoms with Gasteiger partial charge in [-0.3, -0.25) is 14.5 Å². The van der Waals surface area contributed by atoms with Crippen molar-refractivity contribution in [3.05, 3.63) is 22.4 Å². The molecule has 7 heteroatoms. The highest BCUT2D eigenvalue weighted by Gasteiger charge is 2.57. The van der Waals surface area contributed by atoms with Crippen molar-refractivity contribution in [2.45, 2.75) is 25.4 Å². The number of carbonyl (C=O) groups excluding carboxylic acids is 3. The Bertz CT molecular complexity index is 586. The molecule has 3 rings (SSSR count). The van der Waals surface area contributed by atoms with Gasteiger partial charge in [0.2, 0.25) is 0 Å². The minimum atomic E-state index is -0.548. The SMILES string of the molecule is CCN1C(=O)C2CC(C(=O)OC)C(c3cccs3)N2C1=O. The number of esters is 1. The van der Waals surface area contributed by atoms with Crippen molar-refractivity contribution >= 4 is 29.2 Å². The van der Waals surface area contributed by atoms with Gasteiger partial charge in [-0.2, -0.15) is 0 Å². The van der Waals surface area contributed by atoms with E-state index in [4.69, 9.17) is 4.74 Å². The van der Waals surface area contributed by atoms with E-state index in [2.05, 4.69) is 0 Å². The summed E-state index contributed by atoms with van der Waals surface area (Å²) in [5, 5.41) is 1.90. The number of imide groups is 1. The van der Waals surface area contributed by atoms with Crippen LogP contribution in [0.5, 0.6) is 0 Å². The molecule has 3 unspecified atom stereocenters. The maximum absolute atomic E-state index is 12.5. The monoisotopic (exact) mass is 308 g/mol. The Morgan fingerprint density at radius 1 is 1.48 bits per heavy atom. The average Bonchev–Trinajstić information content (AvgIpc) is 3.16. The Hall–Kier alpha value is -1.89. The molecule has 21 heavy (non-hydrogen) atoms. The van der Waals surface area contributed by atoms with Crippen molar-refractivity contribution in [1.82, 2.24) is 9.80 Å². The average molecular weight is 308 g/mol. The first-order valence-electron chi connectivity index (χ1n) is 6.85. The molecule has 3 heterocycles. The molecule has 0 aromatic carbocycles. The molecule has 0 bridgehead atoms. The van der Waals surface area contributed by atoms with Crippen molar-refractivity contribution in [3.8, 4) is 0 Å². The lowest BCUT2D eigenvalue weighted by Gasteiger charge is -2.25. The predicted octanol–water partition coefficient (Wildman–Crippen LogP) is 1.63. The molecular formula is C14H16N2O4S. The molecule has 0 radical (unpaired) electrons. The van der Waals surface area contributed by atoms with E-state index in [-0.39, 0.29) is 17.9 Å². The number of thiophene rings is 1.